The second kappa shape index (κ2) is 5.03. The second-order valence-electron chi connectivity index (χ2n) is 3.91. The van der Waals surface area contributed by atoms with Gasteiger partial charge < -0.3 is 21.3 Å². The number of aliphatic hydroxyl groups excluding tert-OH is 2. The molecule has 0 aliphatic carbocycles. The van der Waals surface area contributed by atoms with Crippen molar-refractivity contribution in [2.45, 2.75) is 6.10 Å². The van der Waals surface area contributed by atoms with Gasteiger partial charge in [0.2, 0.25) is 5.95 Å². The molecule has 0 amide bonds. The minimum atomic E-state index is -0.905. The molecule has 2 aromatic rings. The van der Waals surface area contributed by atoms with Crippen molar-refractivity contribution in [1.29, 1.82) is 0 Å². The summed E-state index contributed by atoms with van der Waals surface area (Å²) in [6.07, 6.45) is -0.905. The highest BCUT2D eigenvalue weighted by Crippen LogP contribution is 2.12. The highest BCUT2D eigenvalue weighted by atomic mass is 16.3. The number of hydrogen-bond acceptors (Lipinski definition) is 6. The first-order chi connectivity index (χ1) is 8.60. The molecule has 1 heterocycles. The molecule has 0 aliphatic heterocycles. The van der Waals surface area contributed by atoms with Crippen molar-refractivity contribution < 1.29 is 10.2 Å². The van der Waals surface area contributed by atoms with Gasteiger partial charge in [-0.05, 0) is 18.2 Å². The number of rotatable bonds is 4. The van der Waals surface area contributed by atoms with E-state index in [2.05, 4.69) is 15.3 Å². The summed E-state index contributed by atoms with van der Waals surface area (Å²) in [6.45, 7) is -0.263. The number of nitrogens with one attached hydrogen (secondary N) is 2. The van der Waals surface area contributed by atoms with Crippen molar-refractivity contribution in [3.63, 3.8) is 0 Å². The van der Waals surface area contributed by atoms with Gasteiger partial charge in [-0.1, -0.05) is 0 Å². The molecule has 0 bridgehead atoms. The Morgan fingerprint density at radius 2 is 2.28 bits per heavy atom. The third kappa shape index (κ3) is 2.58. The fourth-order valence-electron chi connectivity index (χ4n) is 1.52. The van der Waals surface area contributed by atoms with Crippen LogP contribution in [-0.4, -0.2) is 39.4 Å². The Kier molecular flexibility index (Phi) is 3.45. The van der Waals surface area contributed by atoms with E-state index in [0.29, 0.717) is 16.6 Å². The van der Waals surface area contributed by atoms with Crippen LogP contribution in [0.1, 0.15) is 0 Å². The maximum atomic E-state index is 11.8. The van der Waals surface area contributed by atoms with E-state index in [1.165, 1.54) is 0 Å². The van der Waals surface area contributed by atoms with E-state index in [1.54, 1.807) is 18.2 Å². The molecule has 0 radical (unpaired) electrons. The summed E-state index contributed by atoms with van der Waals surface area (Å²) in [5, 5.41) is 21.0. The lowest BCUT2D eigenvalue weighted by atomic mass is 10.2. The summed E-state index contributed by atoms with van der Waals surface area (Å²) in [6, 6.07) is 4.85. The number of aromatic nitrogens is 2. The highest BCUT2D eigenvalue weighted by molar-refractivity contribution is 5.81. The van der Waals surface area contributed by atoms with Crippen LogP contribution >= 0.6 is 0 Å². The predicted molar refractivity (Wildman–Crippen MR) is 68.4 cm³/mol. The average Bonchev–Trinajstić information content (AvgIpc) is 2.37. The third-order valence-corrected chi connectivity index (χ3v) is 2.45. The maximum absolute atomic E-state index is 11.8. The molecule has 1 unspecified atom stereocenters. The molecule has 0 saturated heterocycles. The second-order valence-corrected chi connectivity index (χ2v) is 3.91. The van der Waals surface area contributed by atoms with E-state index in [-0.39, 0.29) is 24.7 Å². The van der Waals surface area contributed by atoms with Gasteiger partial charge in [-0.2, -0.15) is 0 Å². The number of aromatic amines is 1. The molecule has 7 heteroatoms. The summed E-state index contributed by atoms with van der Waals surface area (Å²) >= 11 is 0. The maximum Gasteiger partial charge on any atom is 0.260 e. The van der Waals surface area contributed by atoms with Crippen LogP contribution in [-0.2, 0) is 0 Å². The Balaban J connectivity index is 2.32. The lowest BCUT2D eigenvalue weighted by Crippen LogP contribution is -2.25. The molecule has 1 aromatic heterocycles. The van der Waals surface area contributed by atoms with Crippen molar-refractivity contribution in [2.24, 2.45) is 0 Å². The Morgan fingerprint density at radius 1 is 1.50 bits per heavy atom. The summed E-state index contributed by atoms with van der Waals surface area (Å²) in [5.41, 5.74) is 6.28. The monoisotopic (exact) mass is 250 g/mol. The molecule has 7 nitrogen and oxygen atoms in total. The van der Waals surface area contributed by atoms with E-state index in [4.69, 9.17) is 10.8 Å². The van der Waals surface area contributed by atoms with Crippen LogP contribution in [0.4, 0.5) is 11.6 Å². The number of aliphatic hydroxyl groups is 2. The highest BCUT2D eigenvalue weighted by Gasteiger charge is 2.06. The van der Waals surface area contributed by atoms with Gasteiger partial charge in [0.05, 0.1) is 23.6 Å². The first kappa shape index (κ1) is 12.3. The summed E-state index contributed by atoms with van der Waals surface area (Å²) in [4.78, 5) is 18.5. The van der Waals surface area contributed by atoms with Gasteiger partial charge in [0, 0.05) is 12.2 Å². The quantitative estimate of drug-likeness (QED) is 0.456. The van der Waals surface area contributed by atoms with Gasteiger partial charge in [0.15, 0.2) is 0 Å². The third-order valence-electron chi connectivity index (χ3n) is 2.45. The molecular weight excluding hydrogens is 236 g/mol. The van der Waals surface area contributed by atoms with Crippen molar-refractivity contribution in [3.05, 3.63) is 28.6 Å². The normalized spacial score (nSPS) is 12.6. The van der Waals surface area contributed by atoms with Gasteiger partial charge in [-0.15, -0.1) is 0 Å². The fourth-order valence-corrected chi connectivity index (χ4v) is 1.52. The molecule has 0 saturated carbocycles. The minimum Gasteiger partial charge on any atom is -0.399 e. The zero-order valence-corrected chi connectivity index (χ0v) is 9.55. The zero-order chi connectivity index (χ0) is 13.1. The number of anilines is 2. The first-order valence-corrected chi connectivity index (χ1v) is 5.42. The smallest absolute Gasteiger partial charge is 0.260 e. The molecule has 0 fully saturated rings. The standard InChI is InChI=1S/C11H14N4O3/c12-6-1-2-9-8(3-6)10(18)15-11(14-9)13-4-7(17)5-16/h1-3,7,16-17H,4-5,12H2,(H2,13,14,15,18). The largest absolute Gasteiger partial charge is 0.399 e. The first-order valence-electron chi connectivity index (χ1n) is 5.42. The lowest BCUT2D eigenvalue weighted by molar-refractivity contribution is 0.105. The van der Waals surface area contributed by atoms with Gasteiger partial charge in [0.1, 0.15) is 0 Å². The Morgan fingerprint density at radius 3 is 3.00 bits per heavy atom. The molecule has 6 N–H and O–H groups in total. The van der Waals surface area contributed by atoms with Gasteiger partial charge in [-0.25, -0.2) is 4.98 Å². The molecule has 96 valence electrons. The summed E-state index contributed by atoms with van der Waals surface area (Å²) < 4.78 is 0. The van der Waals surface area contributed by atoms with Gasteiger partial charge in [0.25, 0.3) is 5.56 Å². The Hall–Kier alpha value is -2.12. The Labute approximate surface area is 102 Å². The molecule has 0 spiro atoms. The molecule has 0 aliphatic rings. The number of benzene rings is 1. The fraction of sp³-hybridized carbons (Fsp3) is 0.273. The molecule has 2 rings (SSSR count). The van der Waals surface area contributed by atoms with Gasteiger partial charge in [-0.3, -0.25) is 9.78 Å². The van der Waals surface area contributed by atoms with Crippen LogP contribution in [0.5, 0.6) is 0 Å². The van der Waals surface area contributed by atoms with Crippen LogP contribution < -0.4 is 16.6 Å². The van der Waals surface area contributed by atoms with E-state index < -0.39 is 6.10 Å². The number of nitrogens with two attached hydrogens (primary N) is 1. The topological polar surface area (TPSA) is 124 Å². The van der Waals surface area contributed by atoms with E-state index >= 15 is 0 Å². The summed E-state index contributed by atoms with van der Waals surface area (Å²) in [7, 11) is 0. The number of nitrogens with zero attached hydrogens (tertiary/aromatic N) is 1. The van der Waals surface area contributed by atoms with E-state index in [0.717, 1.165) is 0 Å². The van der Waals surface area contributed by atoms with E-state index in [9.17, 15) is 9.90 Å². The predicted octanol–water partition coefficient (Wildman–Crippen LogP) is -0.730. The van der Waals surface area contributed by atoms with Crippen LogP contribution in [0.15, 0.2) is 23.0 Å². The van der Waals surface area contributed by atoms with Gasteiger partial charge >= 0.3 is 0 Å². The van der Waals surface area contributed by atoms with Crippen molar-refractivity contribution in [1.82, 2.24) is 9.97 Å². The average molecular weight is 250 g/mol. The van der Waals surface area contributed by atoms with Crippen LogP contribution in [0, 0.1) is 0 Å². The minimum absolute atomic E-state index is 0.0971. The lowest BCUT2D eigenvalue weighted by Gasteiger charge is -2.09. The van der Waals surface area contributed by atoms with Crippen molar-refractivity contribution in [2.75, 3.05) is 24.2 Å². The molecule has 1 atom stereocenters. The van der Waals surface area contributed by atoms with Crippen LogP contribution in [0.3, 0.4) is 0 Å². The Bertz CT molecular complexity index is 611. The molecule has 1 aromatic carbocycles. The number of H-pyrrole nitrogens is 1. The van der Waals surface area contributed by atoms with Crippen molar-refractivity contribution in [3.8, 4) is 0 Å². The zero-order valence-electron chi connectivity index (χ0n) is 9.55. The van der Waals surface area contributed by atoms with Crippen LogP contribution in [0.25, 0.3) is 10.9 Å². The van der Waals surface area contributed by atoms with E-state index in [1.807, 2.05) is 0 Å². The SMILES string of the molecule is Nc1ccc2nc(NCC(O)CO)[nH]c(=O)c2c1. The van der Waals surface area contributed by atoms with Crippen LogP contribution in [0.2, 0.25) is 0 Å². The number of nitrogen functional groups attached to an aromatic ring is 1. The summed E-state index contributed by atoms with van der Waals surface area (Å²) in [5.74, 6) is 0.241. The van der Waals surface area contributed by atoms with Crippen molar-refractivity contribution >= 4 is 22.5 Å². The molecular formula is C11H14N4O3. The molecule has 18 heavy (non-hydrogen) atoms. The number of fused-ring (bicyclic) bond motifs is 1. The number of hydrogen-bond donors (Lipinski definition) is 5.